The third kappa shape index (κ3) is 5.54. The monoisotopic (exact) mass is 493 g/mol. The van der Waals surface area contributed by atoms with E-state index in [4.69, 9.17) is 4.74 Å². The Kier molecular flexibility index (Phi) is 7.15. The number of hydrogen-bond donors (Lipinski definition) is 1. The molecule has 1 atom stereocenters. The van der Waals surface area contributed by atoms with Gasteiger partial charge in [-0.2, -0.15) is 0 Å². The maximum Gasteiger partial charge on any atom is 0.586 e. The van der Waals surface area contributed by atoms with Crippen molar-refractivity contribution in [2.75, 3.05) is 40.3 Å². The van der Waals surface area contributed by atoms with Crippen molar-refractivity contribution in [3.63, 3.8) is 0 Å². The largest absolute Gasteiger partial charge is 0.586 e. The first-order valence-corrected chi connectivity index (χ1v) is 11.6. The normalized spacial score (nSPS) is 19.3. The number of rotatable bonds is 6. The number of carbonyl (C=O) groups is 1. The summed E-state index contributed by atoms with van der Waals surface area (Å²) in [6.45, 7) is 3.66. The molecule has 0 bridgehead atoms. The molecule has 2 aromatic carbocycles. The molecule has 182 valence electrons. The average Bonchev–Trinajstić information content (AvgIpc) is 3.46. The van der Waals surface area contributed by atoms with Crippen LogP contribution in [0.2, 0.25) is 0 Å². The summed E-state index contributed by atoms with van der Waals surface area (Å²) in [7, 11) is 2.27. The minimum atomic E-state index is -3.65. The Morgan fingerprint density at radius 2 is 1.71 bits per heavy atom. The second kappa shape index (κ2) is 10.1. The zero-order valence-electron chi connectivity index (χ0n) is 18.8. The fraction of sp³-hybridized carbons (Fsp3) is 0.348. The Labute approximate surface area is 198 Å². The van der Waals surface area contributed by atoms with Crippen LogP contribution in [0.25, 0.3) is 0 Å². The molecule has 0 spiro atoms. The first-order valence-electron chi connectivity index (χ1n) is 10.5. The van der Waals surface area contributed by atoms with E-state index in [0.717, 1.165) is 24.4 Å². The highest BCUT2D eigenvalue weighted by atomic mass is 32.2. The number of ether oxygens (including phenoxy) is 3. The highest BCUT2D eigenvalue weighted by molar-refractivity contribution is 7.82. The predicted octanol–water partition coefficient (Wildman–Crippen LogP) is 2.53. The summed E-state index contributed by atoms with van der Waals surface area (Å²) in [5.41, 5.74) is 3.68. The predicted molar refractivity (Wildman–Crippen MR) is 121 cm³/mol. The van der Waals surface area contributed by atoms with E-state index in [1.54, 1.807) is 7.11 Å². The average molecular weight is 494 g/mol. The van der Waals surface area contributed by atoms with Crippen molar-refractivity contribution in [2.45, 2.75) is 17.7 Å². The van der Waals surface area contributed by atoms with Crippen LogP contribution < -0.4 is 19.5 Å². The summed E-state index contributed by atoms with van der Waals surface area (Å²) in [5, 5.41) is 2.58. The van der Waals surface area contributed by atoms with Gasteiger partial charge >= 0.3 is 6.29 Å². The van der Waals surface area contributed by atoms with Crippen molar-refractivity contribution < 1.29 is 32.0 Å². The summed E-state index contributed by atoms with van der Waals surface area (Å²) in [5.74, 6) is 0.717. The molecule has 8 nitrogen and oxygen atoms in total. The number of fused-ring (bicyclic) bond motifs is 1. The Morgan fingerprint density at radius 3 is 2.32 bits per heavy atom. The third-order valence-corrected chi connectivity index (χ3v) is 6.90. The Morgan fingerprint density at radius 1 is 1.06 bits per heavy atom. The molecular formula is C23H25F2N3O5S. The van der Waals surface area contributed by atoms with Gasteiger partial charge in [0.1, 0.15) is 16.7 Å². The van der Waals surface area contributed by atoms with Gasteiger partial charge in [-0.25, -0.2) is 8.51 Å². The van der Waals surface area contributed by atoms with Crippen LogP contribution in [0.3, 0.4) is 0 Å². The lowest BCUT2D eigenvalue weighted by Crippen LogP contribution is -2.29. The SMILES string of the molecule is CN1CC2=C(C1)CN(S(=O)c1ccc3c(c1)OC(F)(F)O3)C2.COc1ccc(CNC=O)cc1. The molecule has 1 N–H and O–H groups in total. The molecular weight excluding hydrogens is 468 g/mol. The summed E-state index contributed by atoms with van der Waals surface area (Å²) in [6, 6.07) is 11.8. The van der Waals surface area contributed by atoms with Gasteiger partial charge in [0.25, 0.3) is 0 Å². The zero-order chi connectivity index (χ0) is 24.3. The highest BCUT2D eigenvalue weighted by Crippen LogP contribution is 2.42. The van der Waals surface area contributed by atoms with Crippen LogP contribution in [-0.4, -0.2) is 66.5 Å². The van der Waals surface area contributed by atoms with Gasteiger partial charge in [-0.3, -0.25) is 9.69 Å². The molecule has 1 unspecified atom stereocenters. The van der Waals surface area contributed by atoms with Crippen LogP contribution in [0.5, 0.6) is 17.2 Å². The number of likely N-dealkylation sites (N-methyl/N-ethyl adjacent to an activating group) is 1. The van der Waals surface area contributed by atoms with Crippen molar-refractivity contribution in [3.05, 3.63) is 59.2 Å². The van der Waals surface area contributed by atoms with E-state index in [0.29, 0.717) is 30.9 Å². The topological polar surface area (TPSA) is 80.3 Å². The van der Waals surface area contributed by atoms with Crippen LogP contribution in [-0.2, 0) is 22.3 Å². The van der Waals surface area contributed by atoms with Crippen molar-refractivity contribution in [1.29, 1.82) is 0 Å². The summed E-state index contributed by atoms with van der Waals surface area (Å²) in [6.07, 6.45) is -2.96. The van der Waals surface area contributed by atoms with Gasteiger partial charge in [0.05, 0.1) is 12.0 Å². The smallest absolute Gasteiger partial charge is 0.497 e. The number of benzene rings is 2. The van der Waals surface area contributed by atoms with Crippen LogP contribution in [0.15, 0.2) is 58.5 Å². The molecule has 0 saturated heterocycles. The molecule has 1 amide bonds. The Balaban J connectivity index is 0.000000195. The maximum absolute atomic E-state index is 13.0. The summed E-state index contributed by atoms with van der Waals surface area (Å²) in [4.78, 5) is 12.6. The summed E-state index contributed by atoms with van der Waals surface area (Å²) < 4.78 is 54.3. The molecule has 2 aromatic rings. The molecule has 0 aliphatic carbocycles. The lowest BCUT2D eigenvalue weighted by atomic mass is 10.2. The molecule has 3 aliphatic heterocycles. The van der Waals surface area contributed by atoms with E-state index in [-0.39, 0.29) is 11.5 Å². The van der Waals surface area contributed by atoms with Gasteiger partial charge in [-0.15, -0.1) is 8.78 Å². The van der Waals surface area contributed by atoms with Gasteiger partial charge < -0.3 is 19.5 Å². The van der Waals surface area contributed by atoms with E-state index in [1.807, 2.05) is 28.6 Å². The minimum absolute atomic E-state index is 0.0329. The third-order valence-electron chi connectivity index (χ3n) is 5.51. The number of hydrogen-bond acceptors (Lipinski definition) is 6. The molecule has 0 radical (unpaired) electrons. The number of alkyl halides is 2. The van der Waals surface area contributed by atoms with Crippen molar-refractivity contribution in [1.82, 2.24) is 14.5 Å². The highest BCUT2D eigenvalue weighted by Gasteiger charge is 2.43. The Bertz CT molecular complexity index is 1090. The number of halogens is 2. The maximum atomic E-state index is 13.0. The van der Waals surface area contributed by atoms with E-state index in [1.165, 1.54) is 29.3 Å². The molecule has 5 rings (SSSR count). The molecule has 11 heteroatoms. The van der Waals surface area contributed by atoms with Gasteiger partial charge in [-0.1, -0.05) is 12.1 Å². The van der Waals surface area contributed by atoms with Gasteiger partial charge in [-0.05, 0) is 48.0 Å². The number of methoxy groups -OCH3 is 1. The van der Waals surface area contributed by atoms with Crippen molar-refractivity contribution in [3.8, 4) is 17.2 Å². The first kappa shape index (κ1) is 24.1. The van der Waals surface area contributed by atoms with E-state index >= 15 is 0 Å². The lowest BCUT2D eigenvalue weighted by molar-refractivity contribution is -0.286. The second-order valence-corrected chi connectivity index (χ2v) is 9.54. The summed E-state index contributed by atoms with van der Waals surface area (Å²) >= 11 is 0. The van der Waals surface area contributed by atoms with Gasteiger partial charge in [0.15, 0.2) is 11.5 Å². The fourth-order valence-electron chi connectivity index (χ4n) is 3.94. The van der Waals surface area contributed by atoms with Crippen LogP contribution in [0.4, 0.5) is 8.78 Å². The fourth-order valence-corrected chi connectivity index (χ4v) is 5.18. The Hall–Kier alpha value is -3.02. The molecule has 3 aliphatic rings. The van der Waals surface area contributed by atoms with Crippen LogP contribution >= 0.6 is 0 Å². The number of nitrogens with one attached hydrogen (secondary N) is 1. The van der Waals surface area contributed by atoms with Crippen LogP contribution in [0, 0.1) is 0 Å². The van der Waals surface area contributed by atoms with Crippen LogP contribution in [0.1, 0.15) is 5.56 Å². The van der Waals surface area contributed by atoms with Crippen molar-refractivity contribution in [2.24, 2.45) is 0 Å². The van der Waals surface area contributed by atoms with E-state index in [2.05, 4.69) is 26.7 Å². The van der Waals surface area contributed by atoms with Gasteiger partial charge in [0, 0.05) is 38.8 Å². The minimum Gasteiger partial charge on any atom is -0.497 e. The molecule has 0 aromatic heterocycles. The molecule has 0 saturated carbocycles. The quantitative estimate of drug-likeness (QED) is 0.492. The lowest BCUT2D eigenvalue weighted by Gasteiger charge is -2.19. The number of nitrogens with zero attached hydrogens (tertiary/aromatic N) is 2. The first-order chi connectivity index (χ1) is 16.3. The molecule has 3 heterocycles. The zero-order valence-corrected chi connectivity index (χ0v) is 19.6. The van der Waals surface area contributed by atoms with E-state index in [9.17, 15) is 17.8 Å². The molecule has 34 heavy (non-hydrogen) atoms. The molecule has 0 fully saturated rings. The second-order valence-electron chi connectivity index (χ2n) is 8.05. The number of carbonyl (C=O) groups excluding carboxylic acids is 1. The number of amides is 1. The van der Waals surface area contributed by atoms with Crippen molar-refractivity contribution >= 4 is 17.4 Å². The van der Waals surface area contributed by atoms with E-state index < -0.39 is 17.3 Å². The van der Waals surface area contributed by atoms with Gasteiger partial charge in [0.2, 0.25) is 6.41 Å². The standard InChI is InChI=1S/C14H14F2N2O3S.C9H11NO2/c1-17-5-9-7-18(8-10(9)6-17)22(19)11-2-3-12-13(4-11)21-14(15,16)20-12;1-12-9-4-2-8(3-5-9)6-10-7-11/h2-4H,5-8H2,1H3;2-5,7H,6H2,1H3,(H,10,11).